The van der Waals surface area contributed by atoms with E-state index in [2.05, 4.69) is 22.6 Å². The molecule has 1 heterocycles. The van der Waals surface area contributed by atoms with Crippen molar-refractivity contribution < 1.29 is 10.2 Å². The predicted octanol–water partition coefficient (Wildman–Crippen LogP) is 2.70. The molecule has 0 amide bonds. The number of hydrogen-bond donors (Lipinski definition) is 2. The lowest BCUT2D eigenvalue weighted by atomic mass is 10.1. The van der Waals surface area contributed by atoms with Gasteiger partial charge in [-0.3, -0.25) is 0 Å². The standard InChI is InChI=1S/C9H7IO2S/c10-8-5(4-11)3-7(12)9-6(8)1-2-13-9/h1-3,11-12H,4H2. The lowest BCUT2D eigenvalue weighted by molar-refractivity contribution is 0.280. The number of aliphatic hydroxyl groups excluding tert-OH is 1. The Morgan fingerprint density at radius 2 is 2.23 bits per heavy atom. The minimum Gasteiger partial charge on any atom is -0.506 e. The molecule has 2 aromatic rings. The van der Waals surface area contributed by atoms with Crippen molar-refractivity contribution in [2.45, 2.75) is 6.61 Å². The van der Waals surface area contributed by atoms with Crippen molar-refractivity contribution in [3.8, 4) is 5.75 Å². The number of hydrogen-bond acceptors (Lipinski definition) is 3. The van der Waals surface area contributed by atoms with E-state index in [0.29, 0.717) is 0 Å². The second-order valence-corrected chi connectivity index (χ2v) is 4.69. The van der Waals surface area contributed by atoms with E-state index in [1.807, 2.05) is 11.4 Å². The topological polar surface area (TPSA) is 40.5 Å². The maximum atomic E-state index is 9.59. The van der Waals surface area contributed by atoms with Crippen LogP contribution >= 0.6 is 33.9 Å². The van der Waals surface area contributed by atoms with Gasteiger partial charge in [0.05, 0.1) is 11.3 Å². The van der Waals surface area contributed by atoms with Gasteiger partial charge in [0.1, 0.15) is 5.75 Å². The average molecular weight is 306 g/mol. The van der Waals surface area contributed by atoms with Crippen LogP contribution in [0.15, 0.2) is 17.5 Å². The number of halogens is 1. The zero-order valence-electron chi connectivity index (χ0n) is 6.62. The summed E-state index contributed by atoms with van der Waals surface area (Å²) in [6, 6.07) is 3.58. The van der Waals surface area contributed by atoms with Gasteiger partial charge in [-0.1, -0.05) is 0 Å². The summed E-state index contributed by atoms with van der Waals surface area (Å²) in [5, 5.41) is 21.6. The minimum absolute atomic E-state index is 0.0301. The van der Waals surface area contributed by atoms with E-state index in [0.717, 1.165) is 19.2 Å². The molecule has 0 saturated heterocycles. The molecule has 0 bridgehead atoms. The van der Waals surface area contributed by atoms with Crippen LogP contribution in [-0.4, -0.2) is 10.2 Å². The van der Waals surface area contributed by atoms with E-state index in [-0.39, 0.29) is 12.4 Å². The maximum absolute atomic E-state index is 9.59. The van der Waals surface area contributed by atoms with Crippen LogP contribution in [0.4, 0.5) is 0 Å². The van der Waals surface area contributed by atoms with Crippen molar-refractivity contribution in [3.63, 3.8) is 0 Å². The van der Waals surface area contributed by atoms with Gasteiger partial charge in [-0.2, -0.15) is 0 Å². The molecule has 0 aliphatic rings. The Labute approximate surface area is 93.0 Å². The molecule has 1 aromatic heterocycles. The van der Waals surface area contributed by atoms with Crippen LogP contribution in [0.3, 0.4) is 0 Å². The Bertz CT molecular complexity index is 450. The zero-order chi connectivity index (χ0) is 9.42. The summed E-state index contributed by atoms with van der Waals surface area (Å²) in [6.45, 7) is -0.0301. The molecule has 0 aliphatic heterocycles. The first kappa shape index (κ1) is 9.23. The highest BCUT2D eigenvalue weighted by atomic mass is 127. The molecule has 0 saturated carbocycles. The predicted molar refractivity (Wildman–Crippen MR) is 62.1 cm³/mol. The van der Waals surface area contributed by atoms with Gasteiger partial charge >= 0.3 is 0 Å². The zero-order valence-corrected chi connectivity index (χ0v) is 9.59. The van der Waals surface area contributed by atoms with Crippen LogP contribution in [0.2, 0.25) is 0 Å². The summed E-state index contributed by atoms with van der Waals surface area (Å²) in [7, 11) is 0. The molecule has 2 nitrogen and oxygen atoms in total. The van der Waals surface area contributed by atoms with Crippen LogP contribution in [0.5, 0.6) is 5.75 Å². The average Bonchev–Trinajstić information content (AvgIpc) is 2.60. The molecule has 68 valence electrons. The van der Waals surface area contributed by atoms with Crippen molar-refractivity contribution in [1.29, 1.82) is 0 Å². The summed E-state index contributed by atoms with van der Waals surface area (Å²) >= 11 is 3.70. The van der Waals surface area contributed by atoms with Gasteiger partial charge in [0.25, 0.3) is 0 Å². The van der Waals surface area contributed by atoms with E-state index in [1.165, 1.54) is 11.3 Å². The van der Waals surface area contributed by atoms with Crippen LogP contribution in [0.25, 0.3) is 10.1 Å². The molecule has 4 heteroatoms. The summed E-state index contributed by atoms with van der Waals surface area (Å²) < 4.78 is 1.91. The van der Waals surface area contributed by atoms with Crippen molar-refractivity contribution >= 4 is 44.0 Å². The minimum atomic E-state index is -0.0301. The molecule has 0 atom stereocenters. The van der Waals surface area contributed by atoms with Crippen LogP contribution < -0.4 is 0 Å². The third-order valence-corrected chi connectivity index (χ3v) is 4.11. The van der Waals surface area contributed by atoms with Gasteiger partial charge in [-0.05, 0) is 45.7 Å². The summed E-state index contributed by atoms with van der Waals surface area (Å²) in [5.41, 5.74) is 0.781. The second-order valence-electron chi connectivity index (χ2n) is 2.69. The Kier molecular flexibility index (Phi) is 2.44. The summed E-state index contributed by atoms with van der Waals surface area (Å²) in [6.07, 6.45) is 0. The van der Waals surface area contributed by atoms with Crippen molar-refractivity contribution in [2.75, 3.05) is 0 Å². The van der Waals surface area contributed by atoms with Crippen LogP contribution in [-0.2, 0) is 6.61 Å². The van der Waals surface area contributed by atoms with Gasteiger partial charge in [0, 0.05) is 8.96 Å². The van der Waals surface area contributed by atoms with Crippen molar-refractivity contribution in [2.24, 2.45) is 0 Å². The van der Waals surface area contributed by atoms with E-state index in [1.54, 1.807) is 6.07 Å². The number of aromatic hydroxyl groups is 1. The van der Waals surface area contributed by atoms with Crippen LogP contribution in [0, 0.1) is 3.57 Å². The number of phenols is 1. The number of thiophene rings is 1. The molecule has 0 aliphatic carbocycles. The van der Waals surface area contributed by atoms with Gasteiger partial charge in [0.2, 0.25) is 0 Å². The fourth-order valence-corrected chi connectivity index (χ4v) is 3.04. The normalized spacial score (nSPS) is 10.9. The first-order valence-corrected chi connectivity index (χ1v) is 5.68. The molecule has 2 rings (SSSR count). The Hall–Kier alpha value is -0.330. The number of aliphatic hydroxyl groups is 1. The van der Waals surface area contributed by atoms with Gasteiger partial charge < -0.3 is 10.2 Å². The van der Waals surface area contributed by atoms with Crippen molar-refractivity contribution in [1.82, 2.24) is 0 Å². The second kappa shape index (κ2) is 3.43. The van der Waals surface area contributed by atoms with E-state index < -0.39 is 0 Å². The molecule has 0 unspecified atom stereocenters. The lowest BCUT2D eigenvalue weighted by Gasteiger charge is -2.03. The lowest BCUT2D eigenvalue weighted by Crippen LogP contribution is -1.88. The maximum Gasteiger partial charge on any atom is 0.133 e. The highest BCUT2D eigenvalue weighted by Crippen LogP contribution is 2.35. The number of benzene rings is 1. The smallest absolute Gasteiger partial charge is 0.133 e. The molecule has 0 spiro atoms. The van der Waals surface area contributed by atoms with Gasteiger partial charge in [-0.15, -0.1) is 11.3 Å². The molecule has 2 N–H and O–H groups in total. The molecule has 1 aromatic carbocycles. The monoisotopic (exact) mass is 306 g/mol. The van der Waals surface area contributed by atoms with Gasteiger partial charge in [0.15, 0.2) is 0 Å². The summed E-state index contributed by atoms with van der Waals surface area (Å²) in [4.78, 5) is 0. The third kappa shape index (κ3) is 1.43. The fraction of sp³-hybridized carbons (Fsp3) is 0.111. The molecular weight excluding hydrogens is 299 g/mol. The molecular formula is C9H7IO2S. The first-order chi connectivity index (χ1) is 6.24. The van der Waals surface area contributed by atoms with E-state index >= 15 is 0 Å². The Balaban J connectivity index is 2.85. The number of fused-ring (bicyclic) bond motifs is 1. The Morgan fingerprint density at radius 3 is 2.92 bits per heavy atom. The molecule has 0 radical (unpaired) electrons. The first-order valence-electron chi connectivity index (χ1n) is 3.72. The number of phenolic OH excluding ortho intramolecular Hbond substituents is 1. The van der Waals surface area contributed by atoms with E-state index in [4.69, 9.17) is 5.11 Å². The SMILES string of the molecule is OCc1cc(O)c2sccc2c1I. The molecule has 13 heavy (non-hydrogen) atoms. The van der Waals surface area contributed by atoms with E-state index in [9.17, 15) is 5.11 Å². The van der Waals surface area contributed by atoms with Crippen LogP contribution in [0.1, 0.15) is 5.56 Å². The molecule has 0 fully saturated rings. The highest BCUT2D eigenvalue weighted by molar-refractivity contribution is 14.1. The van der Waals surface area contributed by atoms with Crippen molar-refractivity contribution in [3.05, 3.63) is 26.6 Å². The van der Waals surface area contributed by atoms with Gasteiger partial charge in [-0.25, -0.2) is 0 Å². The fourth-order valence-electron chi connectivity index (χ4n) is 1.26. The number of rotatable bonds is 1. The third-order valence-electron chi connectivity index (χ3n) is 1.90. The quantitative estimate of drug-likeness (QED) is 0.795. The highest BCUT2D eigenvalue weighted by Gasteiger charge is 2.09. The Morgan fingerprint density at radius 1 is 1.46 bits per heavy atom. The largest absolute Gasteiger partial charge is 0.506 e. The summed E-state index contributed by atoms with van der Waals surface area (Å²) in [5.74, 6) is 0.259.